The molecule has 2 rings (SSSR count). The summed E-state index contributed by atoms with van der Waals surface area (Å²) in [6.45, 7) is 4.98. The first-order chi connectivity index (χ1) is 12.3. The van der Waals surface area contributed by atoms with Crippen LogP contribution in [0.3, 0.4) is 0 Å². The van der Waals surface area contributed by atoms with Crippen LogP contribution < -0.4 is 0 Å². The summed E-state index contributed by atoms with van der Waals surface area (Å²) in [6.07, 6.45) is -0.443. The monoisotopic (exact) mass is 422 g/mol. The zero-order valence-corrected chi connectivity index (χ0v) is 16.7. The summed E-state index contributed by atoms with van der Waals surface area (Å²) in [5.41, 5.74) is -0.197. The Hall–Kier alpha value is -1.92. The molecule has 1 N–H and O–H groups in total. The molecule has 0 aliphatic carbocycles. The van der Waals surface area contributed by atoms with Crippen molar-refractivity contribution in [2.45, 2.75) is 33.3 Å². The average molecular weight is 423 g/mol. The zero-order chi connectivity index (χ0) is 19.3. The Kier molecular flexibility index (Phi) is 6.78. The van der Waals surface area contributed by atoms with E-state index in [0.717, 1.165) is 15.2 Å². The van der Waals surface area contributed by atoms with E-state index in [-0.39, 0.29) is 19.2 Å². The van der Waals surface area contributed by atoms with Crippen molar-refractivity contribution >= 4 is 38.6 Å². The van der Waals surface area contributed by atoms with Gasteiger partial charge < -0.3 is 14.6 Å². The molecule has 2 aromatic rings. The highest BCUT2D eigenvalue weighted by Gasteiger charge is 2.27. The lowest BCUT2D eigenvalue weighted by Crippen LogP contribution is -2.31. The molecule has 0 spiro atoms. The van der Waals surface area contributed by atoms with Gasteiger partial charge in [0, 0.05) is 9.86 Å². The van der Waals surface area contributed by atoms with Gasteiger partial charge in [-0.25, -0.2) is 4.79 Å². The van der Waals surface area contributed by atoms with E-state index in [1.54, 1.807) is 26.0 Å². The van der Waals surface area contributed by atoms with Gasteiger partial charge >= 0.3 is 11.9 Å². The molecule has 5 nitrogen and oxygen atoms in total. The predicted octanol–water partition coefficient (Wildman–Crippen LogP) is 4.10. The first-order valence-electron chi connectivity index (χ1n) is 8.46. The quantitative estimate of drug-likeness (QED) is 0.679. The van der Waals surface area contributed by atoms with Crippen molar-refractivity contribution in [1.29, 1.82) is 0 Å². The predicted molar refractivity (Wildman–Crippen MR) is 103 cm³/mol. The van der Waals surface area contributed by atoms with Gasteiger partial charge in [-0.1, -0.05) is 47.1 Å². The van der Waals surface area contributed by atoms with E-state index < -0.39 is 17.5 Å². The van der Waals surface area contributed by atoms with Gasteiger partial charge in [-0.05, 0) is 37.8 Å². The molecule has 0 saturated carbocycles. The van der Waals surface area contributed by atoms with Crippen molar-refractivity contribution in [3.63, 3.8) is 0 Å². The van der Waals surface area contributed by atoms with Gasteiger partial charge in [0.1, 0.15) is 19.3 Å². The van der Waals surface area contributed by atoms with E-state index in [1.807, 2.05) is 31.2 Å². The minimum absolute atomic E-state index is 0.214. The van der Waals surface area contributed by atoms with Crippen LogP contribution in [0.2, 0.25) is 0 Å². The largest absolute Gasteiger partial charge is 0.462 e. The molecule has 140 valence electrons. The average Bonchev–Trinajstić information content (AvgIpc) is 2.63. The molecule has 0 bridgehead atoms. The zero-order valence-electron chi connectivity index (χ0n) is 15.1. The van der Waals surface area contributed by atoms with Crippen molar-refractivity contribution in [3.8, 4) is 0 Å². The first kappa shape index (κ1) is 20.4. The third-order valence-electron chi connectivity index (χ3n) is 4.32. The number of benzene rings is 2. The fraction of sp³-hybridized carbons (Fsp3) is 0.400. The van der Waals surface area contributed by atoms with Crippen LogP contribution in [0.5, 0.6) is 0 Å². The molecule has 0 amide bonds. The van der Waals surface area contributed by atoms with Gasteiger partial charge in [-0.15, -0.1) is 0 Å². The molecule has 1 unspecified atom stereocenters. The van der Waals surface area contributed by atoms with E-state index in [2.05, 4.69) is 15.9 Å². The summed E-state index contributed by atoms with van der Waals surface area (Å²) in [6, 6.07) is 11.0. The van der Waals surface area contributed by atoms with Crippen molar-refractivity contribution in [1.82, 2.24) is 0 Å². The number of ether oxygens (including phenoxy) is 2. The van der Waals surface area contributed by atoms with Gasteiger partial charge in [0.2, 0.25) is 0 Å². The van der Waals surface area contributed by atoms with E-state index in [4.69, 9.17) is 9.47 Å². The van der Waals surface area contributed by atoms with Gasteiger partial charge in [0.05, 0.1) is 11.0 Å². The Morgan fingerprint density at radius 2 is 1.73 bits per heavy atom. The summed E-state index contributed by atoms with van der Waals surface area (Å²) in [5, 5.41) is 11.6. The second-order valence-electron chi connectivity index (χ2n) is 6.73. The smallest absolute Gasteiger partial charge is 0.338 e. The molecule has 0 radical (unpaired) electrons. The van der Waals surface area contributed by atoms with E-state index in [0.29, 0.717) is 12.0 Å². The van der Waals surface area contributed by atoms with Crippen LogP contribution in [0.15, 0.2) is 40.9 Å². The van der Waals surface area contributed by atoms with Crippen LogP contribution in [0, 0.1) is 5.41 Å². The molecular weight excluding hydrogens is 400 g/mol. The Morgan fingerprint density at radius 3 is 2.38 bits per heavy atom. The lowest BCUT2D eigenvalue weighted by molar-refractivity contribution is -0.157. The van der Waals surface area contributed by atoms with Crippen LogP contribution in [0.4, 0.5) is 0 Å². The van der Waals surface area contributed by atoms with Crippen molar-refractivity contribution in [2.24, 2.45) is 5.41 Å². The number of halogens is 1. The molecule has 6 heteroatoms. The maximum Gasteiger partial charge on any atom is 0.338 e. The normalized spacial score (nSPS) is 12.7. The van der Waals surface area contributed by atoms with Crippen LogP contribution in [-0.2, 0) is 14.3 Å². The summed E-state index contributed by atoms with van der Waals surface area (Å²) >= 11 is 3.45. The number of carbonyl (C=O) groups excluding carboxylic acids is 2. The Morgan fingerprint density at radius 1 is 1.12 bits per heavy atom. The maximum atomic E-state index is 12.4. The fourth-order valence-electron chi connectivity index (χ4n) is 2.27. The number of carbonyl (C=O) groups is 2. The highest BCUT2D eigenvalue weighted by molar-refractivity contribution is 9.10. The maximum absolute atomic E-state index is 12.4. The van der Waals surface area contributed by atoms with Crippen LogP contribution in [0.1, 0.15) is 37.6 Å². The molecule has 0 aliphatic heterocycles. The Bertz CT molecular complexity index is 795. The molecule has 0 heterocycles. The lowest BCUT2D eigenvalue weighted by atomic mass is 9.91. The molecular formula is C20H23BrO5. The van der Waals surface area contributed by atoms with Gasteiger partial charge in [-0.3, -0.25) is 4.79 Å². The standard InChI is InChI=1S/C20H23BrO5/c1-4-20(2,3)19(24)26-12-14(22)11-25-18(23)15-9-5-7-13-8-6-10-16(21)17(13)15/h5-10,14,22H,4,11-12H2,1-3H3. The molecule has 0 fully saturated rings. The van der Waals surface area contributed by atoms with Crippen LogP contribution in [0.25, 0.3) is 10.8 Å². The van der Waals surface area contributed by atoms with Crippen molar-refractivity contribution in [2.75, 3.05) is 13.2 Å². The fourth-order valence-corrected chi connectivity index (χ4v) is 2.87. The second-order valence-corrected chi connectivity index (χ2v) is 7.59. The van der Waals surface area contributed by atoms with Crippen LogP contribution in [-0.4, -0.2) is 36.4 Å². The SMILES string of the molecule is CCC(C)(C)C(=O)OCC(O)COC(=O)c1cccc2cccc(Br)c12. The molecule has 1 atom stereocenters. The molecule has 0 aliphatic rings. The minimum Gasteiger partial charge on any atom is -0.462 e. The Labute approximate surface area is 161 Å². The van der Waals surface area contributed by atoms with Gasteiger partial charge in [0.15, 0.2) is 0 Å². The summed E-state index contributed by atoms with van der Waals surface area (Å²) in [5.74, 6) is -0.926. The summed E-state index contributed by atoms with van der Waals surface area (Å²) in [7, 11) is 0. The van der Waals surface area contributed by atoms with E-state index in [1.165, 1.54) is 0 Å². The molecule has 0 saturated heterocycles. The van der Waals surface area contributed by atoms with E-state index in [9.17, 15) is 14.7 Å². The second kappa shape index (κ2) is 8.64. The lowest BCUT2D eigenvalue weighted by Gasteiger charge is -2.21. The third-order valence-corrected chi connectivity index (χ3v) is 4.98. The topological polar surface area (TPSA) is 72.8 Å². The molecule has 0 aromatic heterocycles. The summed E-state index contributed by atoms with van der Waals surface area (Å²) in [4.78, 5) is 24.3. The van der Waals surface area contributed by atoms with Crippen LogP contribution >= 0.6 is 15.9 Å². The number of hydrogen-bond donors (Lipinski definition) is 1. The molecule has 26 heavy (non-hydrogen) atoms. The number of hydrogen-bond acceptors (Lipinski definition) is 5. The van der Waals surface area contributed by atoms with Crippen molar-refractivity contribution < 1.29 is 24.2 Å². The first-order valence-corrected chi connectivity index (χ1v) is 9.25. The third kappa shape index (κ3) is 4.83. The van der Waals surface area contributed by atoms with E-state index >= 15 is 0 Å². The highest BCUT2D eigenvalue weighted by Crippen LogP contribution is 2.27. The summed E-state index contributed by atoms with van der Waals surface area (Å²) < 4.78 is 11.1. The number of esters is 2. The number of rotatable bonds is 7. The number of aliphatic hydroxyl groups excluding tert-OH is 1. The Balaban J connectivity index is 1.96. The minimum atomic E-state index is -1.08. The molecule has 2 aromatic carbocycles. The van der Waals surface area contributed by atoms with Gasteiger partial charge in [-0.2, -0.15) is 0 Å². The van der Waals surface area contributed by atoms with Gasteiger partial charge in [0.25, 0.3) is 0 Å². The van der Waals surface area contributed by atoms with Crippen molar-refractivity contribution in [3.05, 3.63) is 46.4 Å². The number of fused-ring (bicyclic) bond motifs is 1. The highest BCUT2D eigenvalue weighted by atomic mass is 79.9. The number of aliphatic hydroxyl groups is 1.